The normalized spacial score (nSPS) is 18.9. The molecule has 1 saturated heterocycles. The van der Waals surface area contributed by atoms with Crippen molar-refractivity contribution in [2.75, 3.05) is 16.8 Å². The second kappa shape index (κ2) is 6.26. The molecule has 2 rings (SSSR count). The van der Waals surface area contributed by atoms with Gasteiger partial charge in [-0.15, -0.1) is 0 Å². The van der Waals surface area contributed by atoms with Crippen LogP contribution in [-0.4, -0.2) is 35.7 Å². The lowest BCUT2D eigenvalue weighted by molar-refractivity contribution is 0.555. The average molecular weight is 364 g/mol. The number of hydrogen-bond acceptors (Lipinski definition) is 5. The van der Waals surface area contributed by atoms with E-state index < -0.39 is 9.84 Å². The topological polar surface area (TPSA) is 81.1 Å². The molecule has 1 aliphatic heterocycles. The number of aryl methyl sites for hydroxylation is 1. The van der Waals surface area contributed by atoms with E-state index in [1.54, 1.807) is 6.20 Å². The van der Waals surface area contributed by atoms with Gasteiger partial charge in [-0.25, -0.2) is 13.1 Å². The van der Waals surface area contributed by atoms with E-state index in [2.05, 4.69) is 26.3 Å². The second-order valence-corrected chi connectivity index (χ2v) is 8.07. The van der Waals surface area contributed by atoms with Crippen molar-refractivity contribution in [3.63, 3.8) is 0 Å². The molecule has 0 amide bonds. The van der Waals surface area contributed by atoms with E-state index in [0.29, 0.717) is 29.5 Å². The fourth-order valence-electron chi connectivity index (χ4n) is 2.19. The molecule has 0 spiro atoms. The van der Waals surface area contributed by atoms with Crippen LogP contribution in [0.15, 0.2) is 15.5 Å². The van der Waals surface area contributed by atoms with E-state index >= 15 is 0 Å². The molecule has 1 aromatic heterocycles. The van der Waals surface area contributed by atoms with Crippen LogP contribution in [0.3, 0.4) is 0 Å². The fourth-order valence-corrected chi connectivity index (χ4v) is 4.10. The van der Waals surface area contributed by atoms with Crippen molar-refractivity contribution in [3.05, 3.63) is 21.0 Å². The van der Waals surface area contributed by atoms with Crippen LogP contribution >= 0.6 is 15.9 Å². The molecular formula is C12H18BrN3O3S. The predicted molar refractivity (Wildman–Crippen MR) is 81.8 cm³/mol. The number of anilines is 1. The molecular weight excluding hydrogens is 346 g/mol. The van der Waals surface area contributed by atoms with Crippen molar-refractivity contribution in [3.8, 4) is 0 Å². The summed E-state index contributed by atoms with van der Waals surface area (Å²) >= 11 is 3.30. The van der Waals surface area contributed by atoms with Gasteiger partial charge in [0, 0.05) is 12.6 Å². The lowest BCUT2D eigenvalue weighted by atomic mass is 10.1. The highest BCUT2D eigenvalue weighted by Gasteiger charge is 2.24. The third-order valence-corrected chi connectivity index (χ3v) is 5.82. The zero-order chi connectivity index (χ0) is 14.8. The Morgan fingerprint density at radius 2 is 2.10 bits per heavy atom. The monoisotopic (exact) mass is 363 g/mol. The van der Waals surface area contributed by atoms with Gasteiger partial charge in [0.05, 0.1) is 23.4 Å². The molecule has 112 valence electrons. The summed E-state index contributed by atoms with van der Waals surface area (Å²) < 4.78 is 24.6. The highest BCUT2D eigenvalue weighted by Crippen LogP contribution is 2.21. The summed E-state index contributed by atoms with van der Waals surface area (Å²) in [6.45, 7) is 2.57. The van der Waals surface area contributed by atoms with E-state index in [1.807, 2.05) is 6.92 Å². The molecule has 0 unspecified atom stereocenters. The molecule has 0 atom stereocenters. The maximum atomic E-state index is 12.0. The van der Waals surface area contributed by atoms with Gasteiger partial charge in [0.2, 0.25) is 0 Å². The maximum absolute atomic E-state index is 12.0. The first-order chi connectivity index (χ1) is 9.43. The highest BCUT2D eigenvalue weighted by molar-refractivity contribution is 9.10. The Bertz CT molecular complexity index is 628. The van der Waals surface area contributed by atoms with Gasteiger partial charge in [-0.05, 0) is 35.2 Å². The van der Waals surface area contributed by atoms with Crippen LogP contribution in [0, 0.1) is 0 Å². The summed E-state index contributed by atoms with van der Waals surface area (Å²) in [6, 6.07) is 0.0676. The molecule has 0 bridgehead atoms. The minimum Gasteiger partial charge on any atom is -0.380 e. The molecule has 0 radical (unpaired) electrons. The highest BCUT2D eigenvalue weighted by atomic mass is 79.9. The first kappa shape index (κ1) is 15.5. The Morgan fingerprint density at radius 3 is 2.70 bits per heavy atom. The van der Waals surface area contributed by atoms with Gasteiger partial charge in [-0.1, -0.05) is 6.92 Å². The van der Waals surface area contributed by atoms with Crippen LogP contribution in [0.5, 0.6) is 0 Å². The third kappa shape index (κ3) is 3.60. The van der Waals surface area contributed by atoms with Gasteiger partial charge in [0.15, 0.2) is 0 Å². The summed E-state index contributed by atoms with van der Waals surface area (Å²) in [5, 5.41) is 7.33. The van der Waals surface area contributed by atoms with Crippen LogP contribution in [0.4, 0.5) is 5.69 Å². The molecule has 0 saturated carbocycles. The molecule has 0 aliphatic carbocycles. The SMILES string of the molecule is CCCn1ncc(NC2CCS(=O)(=O)CC2)c(Br)c1=O. The molecule has 1 fully saturated rings. The first-order valence-corrected chi connectivity index (χ1v) is 9.27. The van der Waals surface area contributed by atoms with Crippen LogP contribution < -0.4 is 10.9 Å². The van der Waals surface area contributed by atoms with Crippen LogP contribution in [0.1, 0.15) is 26.2 Å². The number of nitrogens with one attached hydrogen (secondary N) is 1. The summed E-state index contributed by atoms with van der Waals surface area (Å²) in [4.78, 5) is 12.0. The van der Waals surface area contributed by atoms with Gasteiger partial charge >= 0.3 is 0 Å². The molecule has 8 heteroatoms. The van der Waals surface area contributed by atoms with Gasteiger partial charge in [0.25, 0.3) is 5.56 Å². The van der Waals surface area contributed by atoms with Crippen molar-refractivity contribution >= 4 is 31.5 Å². The van der Waals surface area contributed by atoms with Gasteiger partial charge in [0.1, 0.15) is 14.3 Å². The average Bonchev–Trinajstić information content (AvgIpc) is 2.41. The van der Waals surface area contributed by atoms with Crippen molar-refractivity contribution in [1.82, 2.24) is 9.78 Å². The predicted octanol–water partition coefficient (Wildman–Crippen LogP) is 1.40. The lowest BCUT2D eigenvalue weighted by Crippen LogP contribution is -2.33. The molecule has 2 heterocycles. The Morgan fingerprint density at radius 1 is 1.45 bits per heavy atom. The number of nitrogens with zero attached hydrogens (tertiary/aromatic N) is 2. The molecule has 0 aromatic carbocycles. The molecule has 1 aliphatic rings. The summed E-state index contributed by atoms with van der Waals surface area (Å²) in [5.74, 6) is 0.394. The molecule has 6 nitrogen and oxygen atoms in total. The Labute approximate surface area is 126 Å². The van der Waals surface area contributed by atoms with Crippen molar-refractivity contribution in [2.24, 2.45) is 0 Å². The Hall–Kier alpha value is -0.890. The van der Waals surface area contributed by atoms with Crippen LogP contribution in [0.25, 0.3) is 0 Å². The summed E-state index contributed by atoms with van der Waals surface area (Å²) in [5.41, 5.74) is 0.465. The van der Waals surface area contributed by atoms with E-state index in [4.69, 9.17) is 0 Å². The number of halogens is 1. The zero-order valence-electron chi connectivity index (χ0n) is 11.3. The largest absolute Gasteiger partial charge is 0.380 e. The van der Waals surface area contributed by atoms with Crippen molar-refractivity contribution in [2.45, 2.75) is 38.8 Å². The minimum absolute atomic E-state index is 0.0676. The standard InChI is InChI=1S/C12H18BrN3O3S/c1-2-5-16-12(17)11(13)10(8-14-16)15-9-3-6-20(18,19)7-4-9/h8-9,15H,2-7H2,1H3. The number of hydrogen-bond donors (Lipinski definition) is 1. The third-order valence-electron chi connectivity index (χ3n) is 3.33. The number of aromatic nitrogens is 2. The van der Waals surface area contributed by atoms with E-state index in [9.17, 15) is 13.2 Å². The zero-order valence-corrected chi connectivity index (χ0v) is 13.7. The lowest BCUT2D eigenvalue weighted by Gasteiger charge is -2.24. The number of rotatable bonds is 4. The Kier molecular flexibility index (Phi) is 4.85. The quantitative estimate of drug-likeness (QED) is 0.874. The minimum atomic E-state index is -2.87. The van der Waals surface area contributed by atoms with Crippen LogP contribution in [-0.2, 0) is 16.4 Å². The van der Waals surface area contributed by atoms with Crippen molar-refractivity contribution < 1.29 is 8.42 Å². The fraction of sp³-hybridized carbons (Fsp3) is 0.667. The van der Waals surface area contributed by atoms with Gasteiger partial charge in [-0.2, -0.15) is 5.10 Å². The molecule has 20 heavy (non-hydrogen) atoms. The van der Waals surface area contributed by atoms with E-state index in [-0.39, 0.29) is 23.1 Å². The Balaban J connectivity index is 2.11. The molecule has 1 N–H and O–H groups in total. The van der Waals surface area contributed by atoms with E-state index in [1.165, 1.54) is 4.68 Å². The summed E-state index contributed by atoms with van der Waals surface area (Å²) in [7, 11) is -2.87. The summed E-state index contributed by atoms with van der Waals surface area (Å²) in [6.07, 6.45) is 3.58. The maximum Gasteiger partial charge on any atom is 0.283 e. The smallest absolute Gasteiger partial charge is 0.283 e. The first-order valence-electron chi connectivity index (χ1n) is 6.65. The van der Waals surface area contributed by atoms with Crippen LogP contribution in [0.2, 0.25) is 0 Å². The molecule has 1 aromatic rings. The number of sulfone groups is 1. The van der Waals surface area contributed by atoms with E-state index in [0.717, 1.165) is 6.42 Å². The van der Waals surface area contributed by atoms with Crippen molar-refractivity contribution in [1.29, 1.82) is 0 Å². The van der Waals surface area contributed by atoms with Gasteiger partial charge < -0.3 is 5.32 Å². The second-order valence-electron chi connectivity index (χ2n) is 4.97. The van der Waals surface area contributed by atoms with Gasteiger partial charge in [-0.3, -0.25) is 4.79 Å².